The van der Waals surface area contributed by atoms with Gasteiger partial charge in [0.1, 0.15) is 0 Å². The van der Waals surface area contributed by atoms with Crippen LogP contribution in [0.3, 0.4) is 0 Å². The predicted octanol–water partition coefficient (Wildman–Crippen LogP) is 7.28. The van der Waals surface area contributed by atoms with E-state index in [1.54, 1.807) is 6.07 Å². The first-order valence-corrected chi connectivity index (χ1v) is 13.0. The molecule has 3 rings (SSSR count). The summed E-state index contributed by atoms with van der Waals surface area (Å²) >= 11 is 0. The van der Waals surface area contributed by atoms with Gasteiger partial charge in [0.15, 0.2) is 0 Å². The minimum absolute atomic E-state index is 0.159. The lowest BCUT2D eigenvalue weighted by atomic mass is 10.1. The summed E-state index contributed by atoms with van der Waals surface area (Å²) in [5.74, 6) is 0.159. The summed E-state index contributed by atoms with van der Waals surface area (Å²) in [7, 11) is -3.34. The minimum Gasteiger partial charge on any atom is -0.356 e. The van der Waals surface area contributed by atoms with Crippen molar-refractivity contribution in [1.82, 2.24) is 0 Å². The van der Waals surface area contributed by atoms with Gasteiger partial charge in [-0.15, -0.1) is 0 Å². The molecule has 0 aliphatic carbocycles. The number of sulfonamides is 1. The van der Waals surface area contributed by atoms with E-state index in [4.69, 9.17) is 0 Å². The molecule has 5 nitrogen and oxygen atoms in total. The monoisotopic (exact) mass is 451 g/mol. The SMILES string of the molecule is CCCCCCCCS(=O)(=O)Nc1cccc(Nc2ccc(Nc3ccccc3)cc2)c1. The Morgan fingerprint density at radius 3 is 1.81 bits per heavy atom. The fourth-order valence-electron chi connectivity index (χ4n) is 3.46. The average Bonchev–Trinajstić information content (AvgIpc) is 2.78. The zero-order valence-corrected chi connectivity index (χ0v) is 19.5. The van der Waals surface area contributed by atoms with Crippen LogP contribution in [0.25, 0.3) is 0 Å². The van der Waals surface area contributed by atoms with Gasteiger partial charge in [-0.25, -0.2) is 8.42 Å². The van der Waals surface area contributed by atoms with E-state index in [1.807, 2.05) is 72.8 Å². The summed E-state index contributed by atoms with van der Waals surface area (Å²) in [6, 6.07) is 25.3. The Kier molecular flexibility index (Phi) is 8.99. The van der Waals surface area contributed by atoms with Crippen molar-refractivity contribution in [3.63, 3.8) is 0 Å². The smallest absolute Gasteiger partial charge is 0.232 e. The van der Waals surface area contributed by atoms with E-state index < -0.39 is 10.0 Å². The van der Waals surface area contributed by atoms with Gasteiger partial charge in [0.05, 0.1) is 11.4 Å². The zero-order chi connectivity index (χ0) is 22.7. The van der Waals surface area contributed by atoms with Gasteiger partial charge in [0, 0.05) is 22.7 Å². The Labute approximate surface area is 192 Å². The number of rotatable bonds is 13. The van der Waals surface area contributed by atoms with Crippen molar-refractivity contribution in [3.8, 4) is 0 Å². The van der Waals surface area contributed by atoms with Gasteiger partial charge in [-0.05, 0) is 61.0 Å². The quantitative estimate of drug-likeness (QED) is 0.239. The maximum Gasteiger partial charge on any atom is 0.232 e. The highest BCUT2D eigenvalue weighted by Gasteiger charge is 2.10. The van der Waals surface area contributed by atoms with Crippen molar-refractivity contribution in [2.24, 2.45) is 0 Å². The molecule has 0 aliphatic heterocycles. The van der Waals surface area contributed by atoms with E-state index in [1.165, 1.54) is 19.3 Å². The molecule has 3 aromatic carbocycles. The van der Waals surface area contributed by atoms with E-state index in [-0.39, 0.29) is 5.75 Å². The van der Waals surface area contributed by atoms with Crippen LogP contribution in [0.5, 0.6) is 0 Å². The minimum atomic E-state index is -3.34. The maximum absolute atomic E-state index is 12.4. The number of unbranched alkanes of at least 4 members (excludes halogenated alkanes) is 5. The second kappa shape index (κ2) is 12.2. The summed E-state index contributed by atoms with van der Waals surface area (Å²) in [5.41, 5.74) is 4.36. The summed E-state index contributed by atoms with van der Waals surface area (Å²) in [6.45, 7) is 2.18. The van der Waals surface area contributed by atoms with Crippen LogP contribution in [-0.4, -0.2) is 14.2 Å². The first-order valence-electron chi connectivity index (χ1n) is 11.3. The molecule has 170 valence electrons. The third-order valence-corrected chi connectivity index (χ3v) is 6.51. The van der Waals surface area contributed by atoms with Crippen LogP contribution in [-0.2, 0) is 10.0 Å². The lowest BCUT2D eigenvalue weighted by Crippen LogP contribution is -2.16. The van der Waals surface area contributed by atoms with Crippen molar-refractivity contribution in [2.45, 2.75) is 45.4 Å². The second-order valence-electron chi connectivity index (χ2n) is 7.96. The Morgan fingerprint density at radius 1 is 0.594 bits per heavy atom. The summed E-state index contributed by atoms with van der Waals surface area (Å²) in [6.07, 6.45) is 6.34. The fraction of sp³-hybridized carbons (Fsp3) is 0.308. The molecule has 3 aromatic rings. The maximum atomic E-state index is 12.4. The number of benzene rings is 3. The molecule has 0 amide bonds. The van der Waals surface area contributed by atoms with E-state index >= 15 is 0 Å². The Balaban J connectivity index is 1.52. The van der Waals surface area contributed by atoms with Crippen LogP contribution in [0.2, 0.25) is 0 Å². The molecule has 0 saturated carbocycles. The first kappa shape index (κ1) is 23.7. The molecule has 0 radical (unpaired) electrons. The molecule has 0 spiro atoms. The van der Waals surface area contributed by atoms with Crippen molar-refractivity contribution >= 4 is 38.5 Å². The topological polar surface area (TPSA) is 70.2 Å². The number of hydrogen-bond donors (Lipinski definition) is 3. The van der Waals surface area contributed by atoms with Crippen molar-refractivity contribution < 1.29 is 8.42 Å². The molecule has 0 unspecified atom stereocenters. The predicted molar refractivity (Wildman–Crippen MR) is 137 cm³/mol. The molecule has 0 fully saturated rings. The molecule has 0 bridgehead atoms. The second-order valence-corrected chi connectivity index (χ2v) is 9.80. The van der Waals surface area contributed by atoms with Gasteiger partial charge in [-0.1, -0.05) is 63.3 Å². The van der Waals surface area contributed by atoms with E-state index in [2.05, 4.69) is 22.3 Å². The van der Waals surface area contributed by atoms with Gasteiger partial charge in [-0.2, -0.15) is 0 Å². The standard InChI is InChI=1S/C26H33N3O2S/c1-2-3-4-5-6-10-20-32(30,31)29-26-15-11-14-25(21-26)28-24-18-16-23(17-19-24)27-22-12-8-7-9-13-22/h7-9,11-19,21,27-29H,2-6,10,20H2,1H3. The highest BCUT2D eigenvalue weighted by molar-refractivity contribution is 7.92. The van der Waals surface area contributed by atoms with Gasteiger partial charge in [0.2, 0.25) is 10.0 Å². The third kappa shape index (κ3) is 8.27. The molecular formula is C26H33N3O2S. The third-order valence-electron chi connectivity index (χ3n) is 5.14. The number of para-hydroxylation sites is 1. The van der Waals surface area contributed by atoms with Crippen molar-refractivity contribution in [1.29, 1.82) is 0 Å². The number of anilines is 5. The Hall–Kier alpha value is -2.99. The van der Waals surface area contributed by atoms with Gasteiger partial charge in [-0.3, -0.25) is 4.72 Å². The molecule has 0 saturated heterocycles. The highest BCUT2D eigenvalue weighted by atomic mass is 32.2. The van der Waals surface area contributed by atoms with Gasteiger partial charge < -0.3 is 10.6 Å². The molecule has 3 N–H and O–H groups in total. The van der Waals surface area contributed by atoms with Crippen LogP contribution in [0.1, 0.15) is 45.4 Å². The van der Waals surface area contributed by atoms with Crippen LogP contribution in [0.4, 0.5) is 28.4 Å². The summed E-state index contributed by atoms with van der Waals surface area (Å²) in [4.78, 5) is 0. The highest BCUT2D eigenvalue weighted by Crippen LogP contribution is 2.23. The average molecular weight is 452 g/mol. The molecule has 0 atom stereocenters. The lowest BCUT2D eigenvalue weighted by Gasteiger charge is -2.12. The van der Waals surface area contributed by atoms with Crippen molar-refractivity contribution in [2.75, 3.05) is 21.1 Å². The largest absolute Gasteiger partial charge is 0.356 e. The van der Waals surface area contributed by atoms with E-state index in [0.717, 1.165) is 35.6 Å². The van der Waals surface area contributed by atoms with Crippen molar-refractivity contribution in [3.05, 3.63) is 78.9 Å². The summed E-state index contributed by atoms with van der Waals surface area (Å²) < 4.78 is 27.5. The zero-order valence-electron chi connectivity index (χ0n) is 18.7. The van der Waals surface area contributed by atoms with Gasteiger partial charge >= 0.3 is 0 Å². The molecular weight excluding hydrogens is 418 g/mol. The van der Waals surface area contributed by atoms with E-state index in [0.29, 0.717) is 12.1 Å². The number of hydrogen-bond acceptors (Lipinski definition) is 4. The van der Waals surface area contributed by atoms with Crippen LogP contribution < -0.4 is 15.4 Å². The Bertz CT molecular complexity index is 1050. The van der Waals surface area contributed by atoms with Crippen LogP contribution in [0, 0.1) is 0 Å². The van der Waals surface area contributed by atoms with E-state index in [9.17, 15) is 8.42 Å². The summed E-state index contributed by atoms with van der Waals surface area (Å²) in [5, 5.41) is 6.69. The Morgan fingerprint density at radius 2 is 1.12 bits per heavy atom. The lowest BCUT2D eigenvalue weighted by molar-refractivity contribution is 0.588. The molecule has 32 heavy (non-hydrogen) atoms. The molecule has 6 heteroatoms. The normalized spacial score (nSPS) is 11.2. The molecule has 0 heterocycles. The van der Waals surface area contributed by atoms with Gasteiger partial charge in [0.25, 0.3) is 0 Å². The first-order chi connectivity index (χ1) is 15.5. The fourth-order valence-corrected chi connectivity index (χ4v) is 4.63. The van der Waals surface area contributed by atoms with Crippen LogP contribution >= 0.6 is 0 Å². The molecule has 0 aliphatic rings. The molecule has 0 aromatic heterocycles. The number of nitrogens with one attached hydrogen (secondary N) is 3. The van der Waals surface area contributed by atoms with Crippen LogP contribution in [0.15, 0.2) is 78.9 Å².